The lowest BCUT2D eigenvalue weighted by Gasteiger charge is -2.25. The lowest BCUT2D eigenvalue weighted by molar-refractivity contribution is 0.353. The van der Waals surface area contributed by atoms with Crippen LogP contribution in [0.3, 0.4) is 0 Å². The second-order valence-corrected chi connectivity index (χ2v) is 11.2. The summed E-state index contributed by atoms with van der Waals surface area (Å²) < 4.78 is 36.4. The van der Waals surface area contributed by atoms with Gasteiger partial charge >= 0.3 is 10.1 Å². The Morgan fingerprint density at radius 2 is 1.00 bits per heavy atom. The van der Waals surface area contributed by atoms with Crippen molar-refractivity contribution in [3.05, 3.63) is 115 Å². The molecule has 1 unspecified atom stereocenters. The van der Waals surface area contributed by atoms with E-state index in [4.69, 9.17) is 8.02 Å². The Morgan fingerprint density at radius 3 is 1.42 bits per heavy atom. The van der Waals surface area contributed by atoms with Gasteiger partial charge in [-0.1, -0.05) is 54.6 Å². The van der Waals surface area contributed by atoms with Gasteiger partial charge in [0.25, 0.3) is 0 Å². The Kier molecular flexibility index (Phi) is 6.13. The second-order valence-electron chi connectivity index (χ2n) is 6.71. The van der Waals surface area contributed by atoms with Gasteiger partial charge in [0.05, 0.1) is 21.8 Å². The highest BCUT2D eigenvalue weighted by atomic mass is 32.3. The van der Waals surface area contributed by atoms with Crippen molar-refractivity contribution in [1.29, 1.82) is 0 Å². The van der Waals surface area contributed by atoms with Crippen LogP contribution >= 0.6 is 10.3 Å². The van der Waals surface area contributed by atoms with E-state index in [1.54, 1.807) is 37.4 Å². The third-order valence-electron chi connectivity index (χ3n) is 4.78. The molecule has 4 aromatic carbocycles. The minimum atomic E-state index is -3.82. The first kappa shape index (κ1) is 21.2. The quantitative estimate of drug-likeness (QED) is 0.266. The number of hydrogen-bond donors (Lipinski definition) is 1. The van der Waals surface area contributed by atoms with Crippen LogP contribution in [0.2, 0.25) is 0 Å². The predicted octanol–water partition coefficient (Wildman–Crippen LogP) is 6.59. The van der Waals surface area contributed by atoms with Crippen molar-refractivity contribution in [2.75, 3.05) is 7.11 Å². The van der Waals surface area contributed by atoms with Gasteiger partial charge in [-0.05, 0) is 60.7 Å². The normalized spacial score (nSPS) is 13.7. The third kappa shape index (κ3) is 4.23. The van der Waals surface area contributed by atoms with Crippen LogP contribution in [-0.4, -0.2) is 15.9 Å². The average Bonchev–Trinajstić information content (AvgIpc) is 2.84. The van der Waals surface area contributed by atoms with E-state index >= 15 is 0 Å². The fourth-order valence-electron chi connectivity index (χ4n) is 3.29. The Balaban J connectivity index is 2.10. The molecule has 158 valence electrons. The monoisotopic (exact) mass is 451 g/mol. The summed E-state index contributed by atoms with van der Waals surface area (Å²) in [5.74, 6) is 0.700. The maximum absolute atomic E-state index is 13.6. The van der Waals surface area contributed by atoms with E-state index < -0.39 is 20.4 Å². The van der Waals surface area contributed by atoms with Crippen molar-refractivity contribution in [3.63, 3.8) is 0 Å². The van der Waals surface area contributed by atoms with Gasteiger partial charge in [-0.3, -0.25) is 0 Å². The van der Waals surface area contributed by atoms with E-state index in [0.29, 0.717) is 5.75 Å². The van der Waals surface area contributed by atoms with Crippen LogP contribution in [0.4, 0.5) is 0 Å². The molecule has 0 saturated carbocycles. The molecule has 6 heteroatoms. The summed E-state index contributed by atoms with van der Waals surface area (Å²) in [5, 5.41) is 0. The van der Waals surface area contributed by atoms with Gasteiger partial charge in [0.15, 0.2) is 10.3 Å². The molecule has 4 aromatic rings. The molecular weight excluding hydrogens is 428 g/mol. The van der Waals surface area contributed by atoms with E-state index in [9.17, 15) is 8.76 Å². The van der Waals surface area contributed by atoms with Crippen LogP contribution in [0.25, 0.3) is 0 Å². The van der Waals surface area contributed by atoms with Crippen molar-refractivity contribution in [3.8, 4) is 5.75 Å². The first-order valence-corrected chi connectivity index (χ1v) is 12.7. The highest BCUT2D eigenvalue weighted by molar-refractivity contribution is 8.30. The Bertz CT molecular complexity index is 1210. The van der Waals surface area contributed by atoms with Crippen LogP contribution in [-0.2, 0) is 13.4 Å². The summed E-state index contributed by atoms with van der Waals surface area (Å²) in [5.41, 5.74) is 0. The molecular formula is C25H23O4S2+. The number of benzene rings is 4. The van der Waals surface area contributed by atoms with Crippen molar-refractivity contribution >= 4 is 20.4 Å². The molecule has 31 heavy (non-hydrogen) atoms. The average molecular weight is 452 g/mol. The van der Waals surface area contributed by atoms with E-state index in [-0.39, 0.29) is 4.90 Å². The maximum atomic E-state index is 13.6. The Morgan fingerprint density at radius 1 is 0.613 bits per heavy atom. The Hall–Kier alpha value is -3.06. The fourth-order valence-corrected chi connectivity index (χ4v) is 8.57. The first-order valence-electron chi connectivity index (χ1n) is 9.66. The highest BCUT2D eigenvalue weighted by Crippen LogP contribution is 2.68. The molecule has 0 radical (unpaired) electrons. The predicted molar refractivity (Wildman–Crippen MR) is 124 cm³/mol. The third-order valence-corrected chi connectivity index (χ3v) is 10.0. The maximum Gasteiger partial charge on any atom is 0.454 e. The van der Waals surface area contributed by atoms with Crippen molar-refractivity contribution in [1.82, 2.24) is 0 Å². The molecule has 0 aliphatic rings. The fraction of sp³-hybridized carbons (Fsp3) is 0.0400. The van der Waals surface area contributed by atoms with E-state index in [2.05, 4.69) is 0 Å². The Labute approximate surface area is 184 Å². The molecule has 0 bridgehead atoms. The van der Waals surface area contributed by atoms with Gasteiger partial charge in [-0.2, -0.15) is 0 Å². The van der Waals surface area contributed by atoms with Crippen molar-refractivity contribution in [2.45, 2.75) is 19.6 Å². The zero-order valence-corrected chi connectivity index (χ0v) is 18.6. The lowest BCUT2D eigenvalue weighted by Crippen LogP contribution is -2.10. The molecule has 0 spiro atoms. The van der Waals surface area contributed by atoms with Gasteiger partial charge in [0.1, 0.15) is 10.6 Å². The highest BCUT2D eigenvalue weighted by Gasteiger charge is 2.45. The summed E-state index contributed by atoms with van der Waals surface area (Å²) in [7, 11) is -4.76. The van der Waals surface area contributed by atoms with Crippen molar-refractivity contribution in [2.24, 2.45) is 0 Å². The number of rotatable bonds is 6. The molecule has 1 atom stereocenters. The van der Waals surface area contributed by atoms with Gasteiger partial charge < -0.3 is 4.74 Å². The smallest absolute Gasteiger partial charge is 0.454 e. The molecule has 0 fully saturated rings. The summed E-state index contributed by atoms with van der Waals surface area (Å²) in [6.45, 7) is 0. The standard InChI is InChI=1S/C25H22O4S2/c1-28-21-17-19-24(20-18-21)30(22-11-5-2-6-12-22,23-13-7-3-8-14-23)29-31(26,27)25-15-9-4-10-16-25/h2-20H,1H3/p+1. The van der Waals surface area contributed by atoms with E-state index in [1.807, 2.05) is 84.9 Å². The largest absolute Gasteiger partial charge is 0.497 e. The van der Waals surface area contributed by atoms with Crippen LogP contribution < -0.4 is 4.74 Å². The zero-order chi connectivity index (χ0) is 21.7. The molecule has 0 amide bonds. The topological polar surface area (TPSA) is 57.8 Å². The summed E-state index contributed by atoms with van der Waals surface area (Å²) in [6, 6.07) is 35.2. The van der Waals surface area contributed by atoms with Crippen LogP contribution in [0.15, 0.2) is 135 Å². The molecule has 4 nitrogen and oxygen atoms in total. The lowest BCUT2D eigenvalue weighted by atomic mass is 10.3. The van der Waals surface area contributed by atoms with Gasteiger partial charge in [0, 0.05) is 0 Å². The molecule has 0 aromatic heterocycles. The molecule has 0 saturated heterocycles. The van der Waals surface area contributed by atoms with Crippen LogP contribution in [0.5, 0.6) is 5.75 Å². The first-order chi connectivity index (χ1) is 15.1. The molecule has 4 rings (SSSR count). The van der Waals surface area contributed by atoms with Crippen LogP contribution in [0, 0.1) is 0 Å². The van der Waals surface area contributed by atoms with E-state index in [1.165, 1.54) is 0 Å². The minimum absolute atomic E-state index is 0.229. The van der Waals surface area contributed by atoms with Crippen LogP contribution in [0.1, 0.15) is 0 Å². The van der Waals surface area contributed by atoms with Gasteiger partial charge in [0.2, 0.25) is 0 Å². The summed E-state index contributed by atoms with van der Waals surface area (Å²) in [6.07, 6.45) is 0. The molecule has 0 aliphatic carbocycles. The van der Waals surface area contributed by atoms with Gasteiger partial charge in [-0.15, -0.1) is 7.49 Å². The molecule has 1 N–H and O–H groups in total. The SMILES string of the molecule is COc1ccc(S([O+]=S(=O)(O)c2ccccc2)(c2ccccc2)c2ccccc2)cc1. The van der Waals surface area contributed by atoms with Gasteiger partial charge in [-0.25, -0.2) is 4.55 Å². The number of methoxy groups -OCH3 is 1. The number of hydrogen-bond acceptors (Lipinski definition) is 2. The summed E-state index contributed by atoms with van der Waals surface area (Å²) >= 11 is 0. The van der Waals surface area contributed by atoms with Crippen molar-refractivity contribution < 1.29 is 16.8 Å². The molecule has 0 heterocycles. The minimum Gasteiger partial charge on any atom is -0.497 e. The number of ether oxygens (including phenoxy) is 1. The molecule has 0 aliphatic heterocycles. The summed E-state index contributed by atoms with van der Waals surface area (Å²) in [4.78, 5) is 2.67. The second kappa shape index (κ2) is 8.98. The zero-order valence-electron chi connectivity index (χ0n) is 17.0. The van der Waals surface area contributed by atoms with E-state index in [0.717, 1.165) is 14.7 Å².